The summed E-state index contributed by atoms with van der Waals surface area (Å²) in [5.41, 5.74) is 0. The molecular formula is C8H11N3O4S. The number of carboxylic acid groups (broad SMARTS) is 1. The Morgan fingerprint density at radius 2 is 2.44 bits per heavy atom. The van der Waals surface area contributed by atoms with Crippen molar-refractivity contribution in [2.24, 2.45) is 0 Å². The number of urea groups is 1. The fourth-order valence-electron chi connectivity index (χ4n) is 0.883. The molecule has 3 N–H and O–H groups in total. The molecule has 0 radical (unpaired) electrons. The van der Waals surface area contributed by atoms with Crippen molar-refractivity contribution in [1.82, 2.24) is 10.3 Å². The summed E-state index contributed by atoms with van der Waals surface area (Å²) in [4.78, 5) is 25.6. The summed E-state index contributed by atoms with van der Waals surface area (Å²) in [6.07, 6.45) is 0.497. The van der Waals surface area contributed by atoms with Crippen LogP contribution in [-0.4, -0.2) is 41.8 Å². The fourth-order valence-corrected chi connectivity index (χ4v) is 1.41. The summed E-state index contributed by atoms with van der Waals surface area (Å²) in [6.45, 7) is -0.108. The number of aliphatic carboxylic acids is 1. The maximum absolute atomic E-state index is 11.2. The minimum Gasteiger partial charge on any atom is -0.479 e. The largest absolute Gasteiger partial charge is 0.479 e. The lowest BCUT2D eigenvalue weighted by atomic mass is 10.3. The van der Waals surface area contributed by atoms with E-state index in [2.05, 4.69) is 20.4 Å². The third kappa shape index (κ3) is 3.83. The number of methoxy groups -OCH3 is 1. The highest BCUT2D eigenvalue weighted by molar-refractivity contribution is 7.13. The summed E-state index contributed by atoms with van der Waals surface area (Å²) in [7, 11) is 1.26. The SMILES string of the molecule is COC(CNC(=O)Nc1nccs1)C(=O)O. The molecule has 1 atom stereocenters. The lowest BCUT2D eigenvalue weighted by molar-refractivity contribution is -0.147. The van der Waals surface area contributed by atoms with Gasteiger partial charge in [0.25, 0.3) is 0 Å². The first kappa shape index (κ1) is 12.4. The molecule has 0 aliphatic rings. The van der Waals surface area contributed by atoms with Gasteiger partial charge < -0.3 is 15.2 Å². The van der Waals surface area contributed by atoms with Gasteiger partial charge in [-0.05, 0) is 0 Å². The molecule has 0 bridgehead atoms. The molecule has 0 aromatic carbocycles. The number of anilines is 1. The summed E-state index contributed by atoms with van der Waals surface area (Å²) in [6, 6.07) is -0.516. The van der Waals surface area contributed by atoms with E-state index in [4.69, 9.17) is 5.11 Å². The average molecular weight is 245 g/mol. The smallest absolute Gasteiger partial charge is 0.334 e. The average Bonchev–Trinajstić information content (AvgIpc) is 2.70. The van der Waals surface area contributed by atoms with Gasteiger partial charge in [-0.25, -0.2) is 14.6 Å². The van der Waals surface area contributed by atoms with Crippen LogP contribution < -0.4 is 10.6 Å². The van der Waals surface area contributed by atoms with Crippen molar-refractivity contribution in [1.29, 1.82) is 0 Å². The summed E-state index contributed by atoms with van der Waals surface area (Å²) >= 11 is 1.27. The van der Waals surface area contributed by atoms with Crippen LogP contribution in [-0.2, 0) is 9.53 Å². The van der Waals surface area contributed by atoms with Gasteiger partial charge in [0.2, 0.25) is 0 Å². The first-order chi connectivity index (χ1) is 7.63. The van der Waals surface area contributed by atoms with Gasteiger partial charge in [0.15, 0.2) is 11.2 Å². The Bertz CT molecular complexity index is 354. The van der Waals surface area contributed by atoms with Crippen molar-refractivity contribution in [3.05, 3.63) is 11.6 Å². The molecule has 1 aromatic rings. The number of thiazole rings is 1. The molecule has 0 saturated carbocycles. The van der Waals surface area contributed by atoms with Crippen molar-refractivity contribution in [3.63, 3.8) is 0 Å². The number of hydrogen-bond donors (Lipinski definition) is 3. The van der Waals surface area contributed by atoms with Gasteiger partial charge in [-0.15, -0.1) is 11.3 Å². The molecule has 1 unspecified atom stereocenters. The van der Waals surface area contributed by atoms with Crippen molar-refractivity contribution < 1.29 is 19.4 Å². The number of carboxylic acids is 1. The second-order valence-corrected chi connectivity index (χ2v) is 3.63. The standard InChI is InChI=1S/C8H11N3O4S/c1-15-5(6(12)13)4-10-7(14)11-8-9-2-3-16-8/h2-3,5H,4H2,1H3,(H,12,13)(H2,9,10,11,14). The number of rotatable bonds is 5. The zero-order valence-corrected chi connectivity index (χ0v) is 9.28. The van der Waals surface area contributed by atoms with E-state index in [0.29, 0.717) is 5.13 Å². The number of aromatic nitrogens is 1. The maximum atomic E-state index is 11.2. The van der Waals surface area contributed by atoms with E-state index in [0.717, 1.165) is 0 Å². The number of nitrogens with one attached hydrogen (secondary N) is 2. The highest BCUT2D eigenvalue weighted by Gasteiger charge is 2.17. The Hall–Kier alpha value is -1.67. The number of carbonyl (C=O) groups excluding carboxylic acids is 1. The highest BCUT2D eigenvalue weighted by atomic mass is 32.1. The summed E-state index contributed by atoms with van der Waals surface area (Å²) in [5, 5.41) is 15.6. The van der Waals surface area contributed by atoms with Crippen LogP contribution in [0.25, 0.3) is 0 Å². The van der Waals surface area contributed by atoms with Gasteiger partial charge in [0, 0.05) is 18.7 Å². The number of nitrogens with zero attached hydrogens (tertiary/aromatic N) is 1. The molecule has 88 valence electrons. The van der Waals surface area contributed by atoms with Crippen LogP contribution in [0.1, 0.15) is 0 Å². The predicted molar refractivity (Wildman–Crippen MR) is 57.6 cm³/mol. The zero-order chi connectivity index (χ0) is 12.0. The molecule has 16 heavy (non-hydrogen) atoms. The van der Waals surface area contributed by atoms with Crippen LogP contribution in [0, 0.1) is 0 Å². The van der Waals surface area contributed by atoms with E-state index >= 15 is 0 Å². The Labute approximate surface area is 95.4 Å². The molecule has 7 nitrogen and oxygen atoms in total. The van der Waals surface area contributed by atoms with Crippen LogP contribution in [0.5, 0.6) is 0 Å². The molecule has 8 heteroatoms. The van der Waals surface area contributed by atoms with Gasteiger partial charge in [0.05, 0.1) is 6.54 Å². The quantitative estimate of drug-likeness (QED) is 0.695. The lowest BCUT2D eigenvalue weighted by Crippen LogP contribution is -2.39. The third-order valence-corrected chi connectivity index (χ3v) is 2.35. The summed E-state index contributed by atoms with van der Waals surface area (Å²) < 4.78 is 4.64. The second-order valence-electron chi connectivity index (χ2n) is 2.73. The Morgan fingerprint density at radius 1 is 1.69 bits per heavy atom. The molecule has 1 heterocycles. The van der Waals surface area contributed by atoms with Crippen LogP contribution in [0.3, 0.4) is 0 Å². The summed E-state index contributed by atoms with van der Waals surface area (Å²) in [5.74, 6) is -1.13. The van der Waals surface area contributed by atoms with E-state index in [1.807, 2.05) is 0 Å². The predicted octanol–water partition coefficient (Wildman–Crippen LogP) is 0.364. The molecule has 0 fully saturated rings. The highest BCUT2D eigenvalue weighted by Crippen LogP contribution is 2.09. The Balaban J connectivity index is 2.32. The van der Waals surface area contributed by atoms with Crippen LogP contribution in [0.15, 0.2) is 11.6 Å². The normalized spacial score (nSPS) is 11.8. The van der Waals surface area contributed by atoms with E-state index in [1.54, 1.807) is 11.6 Å². The van der Waals surface area contributed by atoms with Crippen molar-refractivity contribution in [3.8, 4) is 0 Å². The van der Waals surface area contributed by atoms with Crippen molar-refractivity contribution >= 4 is 28.5 Å². The van der Waals surface area contributed by atoms with Gasteiger partial charge in [-0.3, -0.25) is 5.32 Å². The molecule has 0 saturated heterocycles. The minimum absolute atomic E-state index is 0.108. The van der Waals surface area contributed by atoms with Gasteiger partial charge in [-0.1, -0.05) is 0 Å². The molecule has 0 aliphatic carbocycles. The molecule has 1 rings (SSSR count). The minimum atomic E-state index is -1.13. The number of carbonyl (C=O) groups is 2. The number of ether oxygens (including phenoxy) is 1. The molecule has 1 aromatic heterocycles. The van der Waals surface area contributed by atoms with E-state index in [-0.39, 0.29) is 6.54 Å². The monoisotopic (exact) mass is 245 g/mol. The third-order valence-electron chi connectivity index (χ3n) is 1.66. The van der Waals surface area contributed by atoms with E-state index in [9.17, 15) is 9.59 Å². The first-order valence-electron chi connectivity index (χ1n) is 4.33. The molecule has 2 amide bonds. The van der Waals surface area contributed by atoms with Crippen molar-refractivity contribution in [2.75, 3.05) is 19.0 Å². The van der Waals surface area contributed by atoms with Crippen LogP contribution in [0.2, 0.25) is 0 Å². The molecule has 0 aliphatic heterocycles. The topological polar surface area (TPSA) is 101 Å². The number of hydrogen-bond acceptors (Lipinski definition) is 5. The van der Waals surface area contributed by atoms with E-state index in [1.165, 1.54) is 18.4 Å². The Morgan fingerprint density at radius 3 is 2.94 bits per heavy atom. The lowest BCUT2D eigenvalue weighted by Gasteiger charge is -2.11. The van der Waals surface area contributed by atoms with E-state index < -0.39 is 18.1 Å². The molecular weight excluding hydrogens is 234 g/mol. The fraction of sp³-hybridized carbons (Fsp3) is 0.375. The first-order valence-corrected chi connectivity index (χ1v) is 5.21. The van der Waals surface area contributed by atoms with Gasteiger partial charge in [-0.2, -0.15) is 0 Å². The molecule has 0 spiro atoms. The van der Waals surface area contributed by atoms with Gasteiger partial charge >= 0.3 is 12.0 Å². The van der Waals surface area contributed by atoms with Crippen molar-refractivity contribution in [2.45, 2.75) is 6.10 Å². The number of amides is 2. The second kappa shape index (κ2) is 6.03. The van der Waals surface area contributed by atoms with Gasteiger partial charge in [0.1, 0.15) is 0 Å². The van der Waals surface area contributed by atoms with Crippen LogP contribution >= 0.6 is 11.3 Å². The van der Waals surface area contributed by atoms with Crippen LogP contribution in [0.4, 0.5) is 9.93 Å². The zero-order valence-electron chi connectivity index (χ0n) is 8.47. The maximum Gasteiger partial charge on any atom is 0.334 e. The Kier molecular flexibility index (Phi) is 4.67.